The van der Waals surface area contributed by atoms with Crippen LogP contribution < -0.4 is 10.6 Å². The molecule has 0 spiro atoms. The van der Waals surface area contributed by atoms with Gasteiger partial charge in [0.15, 0.2) is 0 Å². The summed E-state index contributed by atoms with van der Waals surface area (Å²) in [5.74, 6) is -1.25. The van der Waals surface area contributed by atoms with Gasteiger partial charge < -0.3 is 15.7 Å². The lowest BCUT2D eigenvalue weighted by Crippen LogP contribution is -2.40. The van der Waals surface area contributed by atoms with E-state index in [1.807, 2.05) is 0 Å². The number of urea groups is 1. The first kappa shape index (κ1) is 15.3. The van der Waals surface area contributed by atoms with Crippen LogP contribution in [0.25, 0.3) is 0 Å². The van der Waals surface area contributed by atoms with E-state index in [1.54, 1.807) is 0 Å². The SMILES string of the molecule is CC1CCC(NC(=O)Nc2ccc(F)cc2C(=O)O)CC1. The Balaban J connectivity index is 1.98. The Morgan fingerprint density at radius 3 is 2.52 bits per heavy atom. The molecule has 114 valence electrons. The van der Waals surface area contributed by atoms with Crippen molar-refractivity contribution in [2.24, 2.45) is 5.92 Å². The second-order valence-electron chi connectivity index (χ2n) is 5.55. The maximum Gasteiger partial charge on any atom is 0.337 e. The number of amides is 2. The van der Waals surface area contributed by atoms with Crippen molar-refractivity contribution in [2.75, 3.05) is 5.32 Å². The Hall–Kier alpha value is -2.11. The van der Waals surface area contributed by atoms with Crippen molar-refractivity contribution in [2.45, 2.75) is 38.6 Å². The summed E-state index contributed by atoms with van der Waals surface area (Å²) in [4.78, 5) is 23.0. The lowest BCUT2D eigenvalue weighted by molar-refractivity contribution is 0.0697. The van der Waals surface area contributed by atoms with Gasteiger partial charge in [0.25, 0.3) is 0 Å². The number of benzene rings is 1. The van der Waals surface area contributed by atoms with Gasteiger partial charge in [-0.2, -0.15) is 0 Å². The Labute approximate surface area is 122 Å². The molecule has 2 amide bonds. The van der Waals surface area contributed by atoms with Gasteiger partial charge in [0.2, 0.25) is 0 Å². The van der Waals surface area contributed by atoms with Crippen molar-refractivity contribution in [3.05, 3.63) is 29.6 Å². The van der Waals surface area contributed by atoms with Gasteiger partial charge in [0.05, 0.1) is 11.3 Å². The minimum absolute atomic E-state index is 0.0885. The number of hydrogen-bond acceptors (Lipinski definition) is 2. The fourth-order valence-electron chi connectivity index (χ4n) is 2.55. The molecule has 2 rings (SSSR count). The smallest absolute Gasteiger partial charge is 0.337 e. The minimum atomic E-state index is -1.28. The lowest BCUT2D eigenvalue weighted by atomic mass is 9.87. The highest BCUT2D eigenvalue weighted by Crippen LogP contribution is 2.23. The first-order chi connectivity index (χ1) is 9.95. The minimum Gasteiger partial charge on any atom is -0.478 e. The first-order valence-corrected chi connectivity index (χ1v) is 7.06. The van der Waals surface area contributed by atoms with Crippen LogP contribution in [-0.4, -0.2) is 23.1 Å². The second kappa shape index (κ2) is 6.56. The van der Waals surface area contributed by atoms with Gasteiger partial charge in [-0.3, -0.25) is 0 Å². The maximum absolute atomic E-state index is 13.1. The molecule has 0 unspecified atom stereocenters. The Morgan fingerprint density at radius 1 is 1.24 bits per heavy atom. The average Bonchev–Trinajstić information content (AvgIpc) is 2.43. The standard InChI is InChI=1S/C15H19FN2O3/c1-9-2-5-11(6-3-9)17-15(21)18-13-7-4-10(16)8-12(13)14(19)20/h4,7-9,11H,2-3,5-6H2,1H3,(H,19,20)(H2,17,18,21). The van der Waals surface area contributed by atoms with Crippen LogP contribution >= 0.6 is 0 Å². The molecule has 3 N–H and O–H groups in total. The summed E-state index contributed by atoms with van der Waals surface area (Å²) < 4.78 is 13.1. The number of carbonyl (C=O) groups excluding carboxylic acids is 1. The second-order valence-corrected chi connectivity index (χ2v) is 5.55. The van der Waals surface area contributed by atoms with Gasteiger partial charge in [0, 0.05) is 6.04 Å². The topological polar surface area (TPSA) is 78.4 Å². The predicted octanol–water partition coefficient (Wildman–Crippen LogP) is 3.22. The van der Waals surface area contributed by atoms with Crippen molar-refractivity contribution in [1.29, 1.82) is 0 Å². The molecule has 0 bridgehead atoms. The zero-order valence-electron chi connectivity index (χ0n) is 11.9. The average molecular weight is 294 g/mol. The van der Waals surface area contributed by atoms with E-state index in [2.05, 4.69) is 17.6 Å². The van der Waals surface area contributed by atoms with Crippen LogP contribution in [-0.2, 0) is 0 Å². The highest BCUT2D eigenvalue weighted by molar-refractivity contribution is 6.00. The third kappa shape index (κ3) is 4.18. The first-order valence-electron chi connectivity index (χ1n) is 7.06. The van der Waals surface area contributed by atoms with Crippen LogP contribution in [0.3, 0.4) is 0 Å². The van der Waals surface area contributed by atoms with Crippen LogP contribution in [0.5, 0.6) is 0 Å². The van der Waals surface area contributed by atoms with Crippen LogP contribution in [0.1, 0.15) is 43.0 Å². The van der Waals surface area contributed by atoms with Crippen molar-refractivity contribution < 1.29 is 19.1 Å². The monoisotopic (exact) mass is 294 g/mol. The number of carboxylic acid groups (broad SMARTS) is 1. The molecule has 0 atom stereocenters. The molecule has 6 heteroatoms. The zero-order chi connectivity index (χ0) is 15.4. The summed E-state index contributed by atoms with van der Waals surface area (Å²) in [7, 11) is 0. The summed E-state index contributed by atoms with van der Waals surface area (Å²) >= 11 is 0. The molecular formula is C15H19FN2O3. The summed E-state index contributed by atoms with van der Waals surface area (Å²) in [5, 5.41) is 14.3. The number of rotatable bonds is 3. The van der Waals surface area contributed by atoms with Gasteiger partial charge >= 0.3 is 12.0 Å². The van der Waals surface area contributed by atoms with E-state index in [4.69, 9.17) is 5.11 Å². The van der Waals surface area contributed by atoms with E-state index < -0.39 is 17.8 Å². The number of halogens is 1. The van der Waals surface area contributed by atoms with E-state index in [0.717, 1.165) is 37.8 Å². The third-order valence-corrected chi connectivity index (χ3v) is 3.81. The van der Waals surface area contributed by atoms with Gasteiger partial charge in [-0.1, -0.05) is 6.92 Å². The quantitative estimate of drug-likeness (QED) is 0.801. The number of hydrogen-bond donors (Lipinski definition) is 3. The lowest BCUT2D eigenvalue weighted by Gasteiger charge is -2.27. The molecule has 1 aliphatic rings. The highest BCUT2D eigenvalue weighted by Gasteiger charge is 2.20. The Kier molecular flexibility index (Phi) is 4.77. The van der Waals surface area contributed by atoms with E-state index >= 15 is 0 Å². The zero-order valence-corrected chi connectivity index (χ0v) is 11.9. The predicted molar refractivity (Wildman–Crippen MR) is 76.9 cm³/mol. The van der Waals surface area contributed by atoms with Crippen LogP contribution in [0, 0.1) is 11.7 Å². The molecule has 1 aromatic rings. The van der Waals surface area contributed by atoms with Crippen LogP contribution in [0.4, 0.5) is 14.9 Å². The Morgan fingerprint density at radius 2 is 1.90 bits per heavy atom. The molecule has 0 radical (unpaired) electrons. The van der Waals surface area contributed by atoms with E-state index in [0.29, 0.717) is 5.92 Å². The molecule has 1 saturated carbocycles. The molecular weight excluding hydrogens is 275 g/mol. The van der Waals surface area contributed by atoms with Crippen LogP contribution in [0.15, 0.2) is 18.2 Å². The molecule has 1 aromatic carbocycles. The van der Waals surface area contributed by atoms with Gasteiger partial charge in [-0.25, -0.2) is 14.0 Å². The molecule has 0 aliphatic heterocycles. The number of carboxylic acids is 1. The van der Waals surface area contributed by atoms with Crippen molar-refractivity contribution >= 4 is 17.7 Å². The van der Waals surface area contributed by atoms with Crippen LogP contribution in [0.2, 0.25) is 0 Å². The van der Waals surface area contributed by atoms with Gasteiger partial charge in [-0.15, -0.1) is 0 Å². The van der Waals surface area contributed by atoms with Crippen molar-refractivity contribution in [3.8, 4) is 0 Å². The van der Waals surface area contributed by atoms with Crippen molar-refractivity contribution in [3.63, 3.8) is 0 Å². The number of carbonyl (C=O) groups is 2. The largest absolute Gasteiger partial charge is 0.478 e. The van der Waals surface area contributed by atoms with Gasteiger partial charge in [-0.05, 0) is 49.8 Å². The molecule has 5 nitrogen and oxygen atoms in total. The van der Waals surface area contributed by atoms with Crippen molar-refractivity contribution in [1.82, 2.24) is 5.32 Å². The third-order valence-electron chi connectivity index (χ3n) is 3.81. The number of anilines is 1. The number of aromatic carboxylic acids is 1. The Bertz CT molecular complexity index is 540. The maximum atomic E-state index is 13.1. The summed E-state index contributed by atoms with van der Waals surface area (Å²) in [5.41, 5.74) is -0.173. The summed E-state index contributed by atoms with van der Waals surface area (Å²) in [6.45, 7) is 2.19. The molecule has 0 aromatic heterocycles. The fourth-order valence-corrected chi connectivity index (χ4v) is 2.55. The van der Waals surface area contributed by atoms with E-state index in [9.17, 15) is 14.0 Å². The molecule has 0 heterocycles. The normalized spacial score (nSPS) is 21.6. The highest BCUT2D eigenvalue weighted by atomic mass is 19.1. The molecule has 1 fully saturated rings. The molecule has 0 saturated heterocycles. The van der Waals surface area contributed by atoms with E-state index in [-0.39, 0.29) is 17.3 Å². The van der Waals surface area contributed by atoms with E-state index in [1.165, 1.54) is 6.07 Å². The molecule has 1 aliphatic carbocycles. The van der Waals surface area contributed by atoms with Gasteiger partial charge in [0.1, 0.15) is 5.82 Å². The summed E-state index contributed by atoms with van der Waals surface area (Å²) in [6.07, 6.45) is 3.98. The fraction of sp³-hybridized carbons (Fsp3) is 0.467. The number of nitrogens with one attached hydrogen (secondary N) is 2. The molecule has 21 heavy (non-hydrogen) atoms. The summed E-state index contributed by atoms with van der Waals surface area (Å²) in [6, 6.07) is 2.91.